The number of carbonyl (C=O) groups excluding carboxylic acids is 1. The highest BCUT2D eigenvalue weighted by Crippen LogP contribution is 2.34. The molecule has 0 radical (unpaired) electrons. The minimum Gasteiger partial charge on any atom is -0.449 e. The van der Waals surface area contributed by atoms with Crippen LogP contribution in [0, 0.1) is 0 Å². The van der Waals surface area contributed by atoms with Gasteiger partial charge < -0.3 is 14.1 Å². The molecule has 7 nitrogen and oxygen atoms in total. The maximum absolute atomic E-state index is 12.6. The minimum atomic E-state index is -0.591. The lowest BCUT2D eigenvalue weighted by Gasteiger charge is -2.27. The SMILES string of the molecule is CC(C)(C)OC(=O)N1CSCC1c1nc2c(oc3ccc(Br)cc32)c(=O)[nH]1. The Balaban J connectivity index is 1.79. The Morgan fingerprint density at radius 1 is 1.44 bits per heavy atom. The molecule has 1 unspecified atom stereocenters. The van der Waals surface area contributed by atoms with Gasteiger partial charge in [-0.15, -0.1) is 11.8 Å². The van der Waals surface area contributed by atoms with Crippen LogP contribution in [0.5, 0.6) is 0 Å². The lowest BCUT2D eigenvalue weighted by atomic mass is 10.2. The van der Waals surface area contributed by atoms with E-state index >= 15 is 0 Å². The quantitative estimate of drug-likeness (QED) is 0.589. The summed E-state index contributed by atoms with van der Waals surface area (Å²) < 4.78 is 12.0. The summed E-state index contributed by atoms with van der Waals surface area (Å²) in [6.07, 6.45) is -0.417. The summed E-state index contributed by atoms with van der Waals surface area (Å²) in [6.45, 7) is 5.47. The zero-order chi connectivity index (χ0) is 19.3. The predicted molar refractivity (Wildman–Crippen MR) is 108 cm³/mol. The number of amides is 1. The number of furan rings is 1. The third-order valence-corrected chi connectivity index (χ3v) is 5.64. The molecule has 4 rings (SSSR count). The molecule has 3 heterocycles. The topological polar surface area (TPSA) is 88.4 Å². The third kappa shape index (κ3) is 3.45. The number of fused-ring (bicyclic) bond motifs is 3. The predicted octanol–water partition coefficient (Wildman–Crippen LogP) is 4.41. The van der Waals surface area contributed by atoms with Crippen molar-refractivity contribution in [2.45, 2.75) is 32.4 Å². The van der Waals surface area contributed by atoms with Crippen molar-refractivity contribution in [2.75, 3.05) is 11.6 Å². The van der Waals surface area contributed by atoms with Gasteiger partial charge in [0.15, 0.2) is 0 Å². The molecule has 1 amide bonds. The molecule has 3 aromatic rings. The van der Waals surface area contributed by atoms with Gasteiger partial charge in [0.2, 0.25) is 5.58 Å². The first-order valence-electron chi connectivity index (χ1n) is 8.42. The summed E-state index contributed by atoms with van der Waals surface area (Å²) in [5.41, 5.74) is 0.316. The zero-order valence-corrected chi connectivity index (χ0v) is 17.4. The van der Waals surface area contributed by atoms with Gasteiger partial charge in [-0.25, -0.2) is 9.78 Å². The van der Waals surface area contributed by atoms with Crippen LogP contribution in [-0.2, 0) is 4.74 Å². The number of hydrogen-bond donors (Lipinski definition) is 1. The first kappa shape index (κ1) is 18.4. The van der Waals surface area contributed by atoms with Gasteiger partial charge in [-0.05, 0) is 39.0 Å². The molecule has 0 saturated carbocycles. The monoisotopic (exact) mass is 451 g/mol. The number of aromatic nitrogens is 2. The lowest BCUT2D eigenvalue weighted by Crippen LogP contribution is -2.37. The molecular formula is C18H18BrN3O4S. The van der Waals surface area contributed by atoms with E-state index in [2.05, 4.69) is 25.9 Å². The fourth-order valence-electron chi connectivity index (χ4n) is 2.97. The van der Waals surface area contributed by atoms with Crippen molar-refractivity contribution < 1.29 is 13.9 Å². The second-order valence-electron chi connectivity index (χ2n) is 7.34. The van der Waals surface area contributed by atoms with Gasteiger partial charge in [-0.1, -0.05) is 15.9 Å². The number of nitrogens with zero attached hydrogens (tertiary/aromatic N) is 2. The number of aromatic amines is 1. The molecular weight excluding hydrogens is 434 g/mol. The molecule has 1 aliphatic rings. The minimum absolute atomic E-state index is 0.182. The smallest absolute Gasteiger partial charge is 0.411 e. The molecule has 0 spiro atoms. The summed E-state index contributed by atoms with van der Waals surface area (Å²) in [4.78, 5) is 34.1. The van der Waals surface area contributed by atoms with Crippen LogP contribution in [0.15, 0.2) is 31.9 Å². The Bertz CT molecular complexity index is 1100. The van der Waals surface area contributed by atoms with Crippen molar-refractivity contribution in [3.8, 4) is 0 Å². The van der Waals surface area contributed by atoms with Crippen LogP contribution >= 0.6 is 27.7 Å². The van der Waals surface area contributed by atoms with E-state index in [1.807, 2.05) is 32.9 Å². The van der Waals surface area contributed by atoms with E-state index in [1.165, 1.54) is 0 Å². The van der Waals surface area contributed by atoms with Crippen molar-refractivity contribution >= 4 is 55.9 Å². The fourth-order valence-corrected chi connectivity index (χ4v) is 4.48. The van der Waals surface area contributed by atoms with E-state index in [0.717, 1.165) is 9.86 Å². The van der Waals surface area contributed by atoms with Gasteiger partial charge in [-0.3, -0.25) is 9.69 Å². The van der Waals surface area contributed by atoms with E-state index < -0.39 is 11.7 Å². The van der Waals surface area contributed by atoms with Gasteiger partial charge in [0.1, 0.15) is 28.6 Å². The van der Waals surface area contributed by atoms with E-state index in [1.54, 1.807) is 22.7 Å². The molecule has 0 aliphatic carbocycles. The first-order valence-corrected chi connectivity index (χ1v) is 10.4. The zero-order valence-electron chi connectivity index (χ0n) is 15.0. The van der Waals surface area contributed by atoms with Crippen LogP contribution < -0.4 is 5.56 Å². The van der Waals surface area contributed by atoms with Crippen molar-refractivity contribution in [1.29, 1.82) is 0 Å². The molecule has 9 heteroatoms. The van der Waals surface area contributed by atoms with Gasteiger partial charge in [-0.2, -0.15) is 0 Å². The maximum Gasteiger partial charge on any atom is 0.411 e. The number of benzene rings is 1. The number of carbonyl (C=O) groups is 1. The van der Waals surface area contributed by atoms with Crippen LogP contribution in [0.2, 0.25) is 0 Å². The molecule has 2 aromatic heterocycles. The number of rotatable bonds is 1. The van der Waals surface area contributed by atoms with Crippen molar-refractivity contribution in [3.63, 3.8) is 0 Å². The standard InChI is InChI=1S/C18H18BrN3O4S/c1-18(2,3)26-17(24)22-8-27-7-11(22)15-20-13-10-6-9(19)4-5-12(10)25-14(13)16(23)21-15/h4-6,11H,7-8H2,1-3H3,(H,20,21,23). The average Bonchev–Trinajstić information content (AvgIpc) is 3.18. The summed E-state index contributed by atoms with van der Waals surface area (Å²) >= 11 is 5.03. The van der Waals surface area contributed by atoms with Crippen LogP contribution in [0.3, 0.4) is 0 Å². The Morgan fingerprint density at radius 2 is 2.22 bits per heavy atom. The fraction of sp³-hybridized carbons (Fsp3) is 0.389. The molecule has 1 aliphatic heterocycles. The van der Waals surface area contributed by atoms with Crippen LogP contribution in [0.1, 0.15) is 32.6 Å². The summed E-state index contributed by atoms with van der Waals surface area (Å²) in [6, 6.07) is 5.14. The number of H-pyrrole nitrogens is 1. The van der Waals surface area contributed by atoms with Gasteiger partial charge in [0.25, 0.3) is 5.56 Å². The molecule has 142 valence electrons. The molecule has 27 heavy (non-hydrogen) atoms. The average molecular weight is 452 g/mol. The highest BCUT2D eigenvalue weighted by molar-refractivity contribution is 9.10. The number of hydrogen-bond acceptors (Lipinski definition) is 6. The van der Waals surface area contributed by atoms with Gasteiger partial charge in [0, 0.05) is 15.6 Å². The van der Waals surface area contributed by atoms with Crippen molar-refractivity contribution in [2.24, 2.45) is 0 Å². The third-order valence-electron chi connectivity index (χ3n) is 4.13. The number of halogens is 1. The summed E-state index contributed by atoms with van der Waals surface area (Å²) in [5.74, 6) is 1.55. The molecule has 1 atom stereocenters. The maximum atomic E-state index is 12.6. The van der Waals surface area contributed by atoms with Crippen LogP contribution in [0.4, 0.5) is 4.79 Å². The van der Waals surface area contributed by atoms with Gasteiger partial charge in [0.05, 0.1) is 5.88 Å². The number of ether oxygens (including phenoxy) is 1. The Hall–Kier alpha value is -2.00. The number of thioether (sulfide) groups is 1. The summed E-state index contributed by atoms with van der Waals surface area (Å²) in [5, 5.41) is 0.751. The highest BCUT2D eigenvalue weighted by Gasteiger charge is 2.35. The Labute approximate surface area is 167 Å². The van der Waals surface area contributed by atoms with E-state index in [4.69, 9.17) is 9.15 Å². The lowest BCUT2D eigenvalue weighted by molar-refractivity contribution is 0.0232. The second kappa shape index (κ2) is 6.56. The molecule has 0 bridgehead atoms. The largest absolute Gasteiger partial charge is 0.449 e. The van der Waals surface area contributed by atoms with E-state index in [9.17, 15) is 9.59 Å². The van der Waals surface area contributed by atoms with Crippen LogP contribution in [0.25, 0.3) is 22.1 Å². The summed E-state index contributed by atoms with van der Waals surface area (Å²) in [7, 11) is 0. The molecule has 1 aromatic carbocycles. The highest BCUT2D eigenvalue weighted by atomic mass is 79.9. The van der Waals surface area contributed by atoms with Crippen LogP contribution in [-0.4, -0.2) is 38.2 Å². The molecule has 1 N–H and O–H groups in total. The van der Waals surface area contributed by atoms with Gasteiger partial charge >= 0.3 is 6.09 Å². The van der Waals surface area contributed by atoms with E-state index in [0.29, 0.717) is 28.6 Å². The molecule has 1 saturated heterocycles. The molecule has 1 fully saturated rings. The van der Waals surface area contributed by atoms with Crippen molar-refractivity contribution in [1.82, 2.24) is 14.9 Å². The second-order valence-corrected chi connectivity index (χ2v) is 9.25. The Kier molecular flexibility index (Phi) is 4.46. The number of nitrogens with one attached hydrogen (secondary N) is 1. The van der Waals surface area contributed by atoms with E-state index in [-0.39, 0.29) is 17.2 Å². The Morgan fingerprint density at radius 3 is 2.96 bits per heavy atom. The first-order chi connectivity index (χ1) is 12.7. The normalized spacial score (nSPS) is 17.8. The van der Waals surface area contributed by atoms with Crippen molar-refractivity contribution in [3.05, 3.63) is 38.9 Å².